The molecule has 0 aromatic rings. The van der Waals surface area contributed by atoms with Crippen molar-refractivity contribution in [3.8, 4) is 0 Å². The van der Waals surface area contributed by atoms with Crippen molar-refractivity contribution in [2.24, 2.45) is 17.6 Å². The molecule has 0 aromatic heterocycles. The quantitative estimate of drug-likeness (QED) is 0.285. The van der Waals surface area contributed by atoms with Crippen LogP contribution in [0.5, 0.6) is 0 Å². The topological polar surface area (TPSA) is 164 Å². The molecule has 2 bridgehead atoms. The number of nitrogens with two attached hydrogens (primary N) is 1. The Morgan fingerprint density at radius 3 is 2.88 bits per heavy atom. The molecule has 146 valence electrons. The molecule has 3 amide bonds. The fourth-order valence-corrected chi connectivity index (χ4v) is 4.54. The third kappa shape index (κ3) is 3.14. The number of fused-ring (bicyclic) bond motifs is 4. The van der Waals surface area contributed by atoms with Crippen LogP contribution in [0.2, 0.25) is 0 Å². The van der Waals surface area contributed by atoms with Crippen LogP contribution < -0.4 is 16.5 Å². The van der Waals surface area contributed by atoms with Gasteiger partial charge in [0.15, 0.2) is 0 Å². The van der Waals surface area contributed by atoms with E-state index in [9.17, 15) is 18.0 Å². The van der Waals surface area contributed by atoms with Gasteiger partial charge >= 0.3 is 16.4 Å². The summed E-state index contributed by atoms with van der Waals surface area (Å²) in [5, 5.41) is 3.77. The monoisotopic (exact) mass is 391 g/mol. The zero-order valence-electron chi connectivity index (χ0n) is 13.8. The number of hydrogen-bond acceptors (Lipinski definition) is 8. The van der Waals surface area contributed by atoms with Crippen LogP contribution in [0.3, 0.4) is 0 Å². The van der Waals surface area contributed by atoms with Crippen LogP contribution in [0, 0.1) is 11.8 Å². The summed E-state index contributed by atoms with van der Waals surface area (Å²) in [6.07, 6.45) is 1.38. The first kappa shape index (κ1) is 17.9. The SMILES string of the molecule is NC1(CONC(=O)[C@@H]2C3CC3[C@@H]3CN2C(=O)N3OS(=O)(=O)O)CCNC1. The maximum absolute atomic E-state index is 12.5. The van der Waals surface area contributed by atoms with E-state index in [0.717, 1.165) is 13.0 Å². The Bertz CT molecular complexity index is 724. The van der Waals surface area contributed by atoms with Gasteiger partial charge < -0.3 is 16.0 Å². The first-order chi connectivity index (χ1) is 12.2. The molecule has 5 N–H and O–H groups in total. The van der Waals surface area contributed by atoms with Crippen LogP contribution in [0.1, 0.15) is 12.8 Å². The molecule has 3 aliphatic heterocycles. The summed E-state index contributed by atoms with van der Waals surface area (Å²) in [6.45, 7) is 1.66. The summed E-state index contributed by atoms with van der Waals surface area (Å²) in [7, 11) is -4.82. The Morgan fingerprint density at radius 2 is 2.23 bits per heavy atom. The van der Waals surface area contributed by atoms with Crippen molar-refractivity contribution in [3.05, 3.63) is 0 Å². The number of carbonyl (C=O) groups excluding carboxylic acids is 2. The zero-order chi connectivity index (χ0) is 18.7. The molecule has 4 rings (SSSR count). The Kier molecular flexibility index (Phi) is 4.13. The number of amides is 3. The maximum atomic E-state index is 12.5. The number of hydrogen-bond donors (Lipinski definition) is 4. The molecule has 3 heterocycles. The van der Waals surface area contributed by atoms with Crippen molar-refractivity contribution in [2.45, 2.75) is 30.5 Å². The van der Waals surface area contributed by atoms with Crippen LogP contribution >= 0.6 is 0 Å². The zero-order valence-corrected chi connectivity index (χ0v) is 14.6. The average Bonchev–Trinajstić information content (AvgIpc) is 3.16. The lowest BCUT2D eigenvalue weighted by Crippen LogP contribution is -2.53. The molecule has 1 aliphatic carbocycles. The normalized spacial score (nSPS) is 38.5. The summed E-state index contributed by atoms with van der Waals surface area (Å²) in [4.78, 5) is 31.4. The molecular formula is C13H21N5O7S. The minimum absolute atomic E-state index is 0.0601. The van der Waals surface area contributed by atoms with E-state index in [4.69, 9.17) is 15.1 Å². The smallest absolute Gasteiger partial charge is 0.322 e. The van der Waals surface area contributed by atoms with Gasteiger partial charge in [0.25, 0.3) is 5.91 Å². The Balaban J connectivity index is 1.39. The molecule has 0 aromatic carbocycles. The molecule has 4 fully saturated rings. The second-order valence-corrected chi connectivity index (χ2v) is 8.39. The van der Waals surface area contributed by atoms with Crippen molar-refractivity contribution < 1.29 is 31.7 Å². The van der Waals surface area contributed by atoms with Gasteiger partial charge in [-0.15, -0.1) is 4.28 Å². The number of urea groups is 1. The van der Waals surface area contributed by atoms with Gasteiger partial charge in [-0.05, 0) is 31.2 Å². The van der Waals surface area contributed by atoms with Crippen LogP contribution in [-0.4, -0.2) is 78.7 Å². The summed E-state index contributed by atoms with van der Waals surface area (Å²) in [5.74, 6) is -0.640. The molecule has 0 spiro atoms. The first-order valence-electron chi connectivity index (χ1n) is 8.37. The molecule has 3 saturated heterocycles. The van der Waals surface area contributed by atoms with Crippen LogP contribution in [-0.2, 0) is 24.3 Å². The predicted octanol–water partition coefficient (Wildman–Crippen LogP) is -2.42. The van der Waals surface area contributed by atoms with Crippen molar-refractivity contribution in [3.63, 3.8) is 0 Å². The Morgan fingerprint density at radius 1 is 1.46 bits per heavy atom. The van der Waals surface area contributed by atoms with E-state index in [1.54, 1.807) is 0 Å². The minimum atomic E-state index is -4.82. The summed E-state index contributed by atoms with van der Waals surface area (Å²) < 4.78 is 35.2. The second-order valence-electron chi connectivity index (χ2n) is 7.38. The van der Waals surface area contributed by atoms with Crippen molar-refractivity contribution >= 4 is 22.3 Å². The molecule has 12 nitrogen and oxygen atoms in total. The highest BCUT2D eigenvalue weighted by Crippen LogP contribution is 2.53. The molecule has 26 heavy (non-hydrogen) atoms. The molecule has 5 atom stereocenters. The van der Waals surface area contributed by atoms with Gasteiger partial charge in [-0.1, -0.05) is 0 Å². The lowest BCUT2D eigenvalue weighted by Gasteiger charge is -2.29. The molecular weight excluding hydrogens is 370 g/mol. The molecule has 0 radical (unpaired) electrons. The summed E-state index contributed by atoms with van der Waals surface area (Å²) >= 11 is 0. The third-order valence-corrected chi connectivity index (χ3v) is 5.85. The number of carbonyl (C=O) groups is 2. The summed E-state index contributed by atoms with van der Waals surface area (Å²) in [6, 6.07) is -2.04. The maximum Gasteiger partial charge on any atom is 0.418 e. The van der Waals surface area contributed by atoms with E-state index in [-0.39, 0.29) is 25.0 Å². The molecule has 1 saturated carbocycles. The lowest BCUT2D eigenvalue weighted by molar-refractivity contribution is -0.140. The number of piperidine rings is 1. The fourth-order valence-electron chi connectivity index (χ4n) is 4.16. The third-order valence-electron chi connectivity index (χ3n) is 5.50. The lowest BCUT2D eigenvalue weighted by atomic mass is 10.0. The van der Waals surface area contributed by atoms with Crippen LogP contribution in [0.15, 0.2) is 0 Å². The van der Waals surface area contributed by atoms with Gasteiger partial charge in [-0.3, -0.25) is 14.2 Å². The summed E-state index contributed by atoms with van der Waals surface area (Å²) in [5.41, 5.74) is 7.93. The molecule has 4 aliphatic rings. The number of nitrogens with zero attached hydrogens (tertiary/aromatic N) is 2. The highest BCUT2D eigenvalue weighted by Gasteiger charge is 2.65. The van der Waals surface area contributed by atoms with Gasteiger partial charge in [0.05, 0.1) is 18.2 Å². The van der Waals surface area contributed by atoms with Crippen molar-refractivity contribution in [1.82, 2.24) is 20.8 Å². The van der Waals surface area contributed by atoms with E-state index in [2.05, 4.69) is 15.1 Å². The van der Waals surface area contributed by atoms with E-state index >= 15 is 0 Å². The van der Waals surface area contributed by atoms with Crippen LogP contribution in [0.4, 0.5) is 4.79 Å². The van der Waals surface area contributed by atoms with E-state index in [0.29, 0.717) is 18.0 Å². The Labute approximate surface area is 149 Å². The van der Waals surface area contributed by atoms with Gasteiger partial charge in [0.1, 0.15) is 6.04 Å². The van der Waals surface area contributed by atoms with E-state index in [1.807, 2.05) is 0 Å². The highest BCUT2D eigenvalue weighted by molar-refractivity contribution is 7.80. The molecule has 3 unspecified atom stereocenters. The standard InChI is InChI=1S/C13H21N5O7S/c14-13(1-2-15-5-13)6-24-16-11(19)10-8-3-7(8)9-4-17(10)12(20)18(9)25-26(21,22)23/h7-10,15H,1-6,14H2,(H,16,19)(H,21,22,23)/t7?,8?,9-,10-,13?/m0/s1. The number of nitrogens with one attached hydrogen (secondary N) is 2. The average molecular weight is 391 g/mol. The molecule has 13 heteroatoms. The number of hydroxylamine groups is 3. The minimum Gasteiger partial charge on any atom is -0.322 e. The number of rotatable bonds is 6. The first-order valence-corrected chi connectivity index (χ1v) is 9.73. The van der Waals surface area contributed by atoms with Gasteiger partial charge in [-0.25, -0.2) is 10.3 Å². The van der Waals surface area contributed by atoms with Gasteiger partial charge in [-0.2, -0.15) is 13.5 Å². The second kappa shape index (κ2) is 6.00. The van der Waals surface area contributed by atoms with Crippen molar-refractivity contribution in [2.75, 3.05) is 26.2 Å². The van der Waals surface area contributed by atoms with E-state index < -0.39 is 40.0 Å². The largest absolute Gasteiger partial charge is 0.418 e. The van der Waals surface area contributed by atoms with Gasteiger partial charge in [0, 0.05) is 13.1 Å². The van der Waals surface area contributed by atoms with Crippen LogP contribution in [0.25, 0.3) is 0 Å². The Hall–Kier alpha value is -1.51. The van der Waals surface area contributed by atoms with Crippen molar-refractivity contribution in [1.29, 1.82) is 0 Å². The van der Waals surface area contributed by atoms with Gasteiger partial charge in [0.2, 0.25) is 0 Å². The highest BCUT2D eigenvalue weighted by atomic mass is 32.3. The fraction of sp³-hybridized carbons (Fsp3) is 0.846. The van der Waals surface area contributed by atoms with E-state index in [1.165, 1.54) is 4.90 Å². The predicted molar refractivity (Wildman–Crippen MR) is 84.2 cm³/mol.